The van der Waals surface area contributed by atoms with Crippen molar-refractivity contribution in [2.45, 2.75) is 13.3 Å². The van der Waals surface area contributed by atoms with Gasteiger partial charge in [0, 0.05) is 26.1 Å². The van der Waals surface area contributed by atoms with Crippen LogP contribution in [-0.4, -0.2) is 26.2 Å². The number of hydrogen-bond acceptors (Lipinski definition) is 3. The number of hydrogen-bond donors (Lipinski definition) is 2. The van der Waals surface area contributed by atoms with E-state index in [1.165, 1.54) is 0 Å². The van der Waals surface area contributed by atoms with Gasteiger partial charge in [-0.1, -0.05) is 6.92 Å². The van der Waals surface area contributed by atoms with E-state index < -0.39 is 0 Å². The van der Waals surface area contributed by atoms with E-state index in [9.17, 15) is 0 Å². The van der Waals surface area contributed by atoms with Gasteiger partial charge in [0.15, 0.2) is 0 Å². The van der Waals surface area contributed by atoms with Crippen LogP contribution in [0.4, 0.5) is 0 Å². The van der Waals surface area contributed by atoms with Gasteiger partial charge >= 0.3 is 0 Å². The third kappa shape index (κ3) is 4.70. The van der Waals surface area contributed by atoms with Crippen molar-refractivity contribution in [2.24, 2.45) is 0 Å². The molecule has 0 aliphatic carbocycles. The molecule has 1 rings (SSSR count). The lowest BCUT2D eigenvalue weighted by Crippen LogP contribution is -2.28. The average molecular weight is 182 g/mol. The minimum absolute atomic E-state index is 0.971. The van der Waals surface area contributed by atoms with E-state index in [0.717, 1.165) is 38.4 Å². The normalized spacial score (nSPS) is 10.5. The fourth-order valence-corrected chi connectivity index (χ4v) is 1.14. The predicted molar refractivity (Wildman–Crippen MR) is 53.8 cm³/mol. The summed E-state index contributed by atoms with van der Waals surface area (Å²) in [4.78, 5) is 0. The maximum atomic E-state index is 5.21. The molecule has 3 nitrogen and oxygen atoms in total. The van der Waals surface area contributed by atoms with Crippen molar-refractivity contribution in [1.29, 1.82) is 0 Å². The van der Waals surface area contributed by atoms with E-state index in [0.29, 0.717) is 0 Å². The Morgan fingerprint density at radius 3 is 2.77 bits per heavy atom. The van der Waals surface area contributed by atoms with Gasteiger partial charge in [-0.15, -0.1) is 0 Å². The molecule has 0 radical (unpaired) electrons. The molecule has 0 atom stereocenters. The molecule has 0 saturated carbocycles. The zero-order chi connectivity index (χ0) is 9.36. The van der Waals surface area contributed by atoms with Crippen LogP contribution in [0.15, 0.2) is 22.8 Å². The van der Waals surface area contributed by atoms with Crippen LogP contribution in [0.25, 0.3) is 0 Å². The molecule has 0 aliphatic rings. The Morgan fingerprint density at radius 2 is 2.08 bits per heavy atom. The lowest BCUT2D eigenvalue weighted by atomic mass is 10.3. The summed E-state index contributed by atoms with van der Waals surface area (Å²) in [5.41, 5.74) is 0. The van der Waals surface area contributed by atoms with Crippen molar-refractivity contribution in [3.8, 4) is 0 Å². The van der Waals surface area contributed by atoms with E-state index >= 15 is 0 Å². The molecule has 1 aromatic heterocycles. The van der Waals surface area contributed by atoms with Crippen LogP contribution >= 0.6 is 0 Å². The smallest absolute Gasteiger partial charge is 0.105 e. The first-order valence-electron chi connectivity index (χ1n) is 4.87. The third-order valence-corrected chi connectivity index (χ3v) is 1.86. The van der Waals surface area contributed by atoms with Crippen LogP contribution in [0.1, 0.15) is 12.7 Å². The van der Waals surface area contributed by atoms with E-state index in [-0.39, 0.29) is 0 Å². The second kappa shape index (κ2) is 6.69. The highest BCUT2D eigenvalue weighted by molar-refractivity contribution is 4.98. The summed E-state index contributed by atoms with van der Waals surface area (Å²) in [5, 5.41) is 6.59. The minimum atomic E-state index is 0.971. The Labute approximate surface area is 79.5 Å². The molecule has 74 valence electrons. The van der Waals surface area contributed by atoms with Crippen molar-refractivity contribution >= 4 is 0 Å². The van der Waals surface area contributed by atoms with E-state index in [2.05, 4.69) is 17.6 Å². The van der Waals surface area contributed by atoms with Crippen molar-refractivity contribution in [2.75, 3.05) is 26.2 Å². The van der Waals surface area contributed by atoms with Crippen LogP contribution in [0.2, 0.25) is 0 Å². The predicted octanol–water partition coefficient (Wildman–Crippen LogP) is 1.02. The zero-order valence-corrected chi connectivity index (χ0v) is 8.18. The topological polar surface area (TPSA) is 37.2 Å². The molecule has 13 heavy (non-hydrogen) atoms. The summed E-state index contributed by atoms with van der Waals surface area (Å²) < 4.78 is 5.21. The summed E-state index contributed by atoms with van der Waals surface area (Å²) in [6.45, 7) is 6.20. The molecule has 0 aliphatic heterocycles. The van der Waals surface area contributed by atoms with Gasteiger partial charge in [-0.25, -0.2) is 0 Å². The molecule has 0 fully saturated rings. The molecular formula is C10H18N2O. The fourth-order valence-electron chi connectivity index (χ4n) is 1.14. The fraction of sp³-hybridized carbons (Fsp3) is 0.600. The highest BCUT2D eigenvalue weighted by atomic mass is 16.3. The van der Waals surface area contributed by atoms with Gasteiger partial charge in [0.2, 0.25) is 0 Å². The first-order chi connectivity index (χ1) is 6.43. The second-order valence-corrected chi connectivity index (χ2v) is 2.93. The summed E-state index contributed by atoms with van der Waals surface area (Å²) in [7, 11) is 0. The SMILES string of the molecule is CCNCCNCCc1ccco1. The number of furan rings is 1. The van der Waals surface area contributed by atoms with Gasteiger partial charge in [-0.3, -0.25) is 0 Å². The van der Waals surface area contributed by atoms with E-state index in [4.69, 9.17) is 4.42 Å². The number of likely N-dealkylation sites (N-methyl/N-ethyl adjacent to an activating group) is 1. The van der Waals surface area contributed by atoms with E-state index in [1.54, 1.807) is 6.26 Å². The molecule has 0 aromatic carbocycles. The highest BCUT2D eigenvalue weighted by Crippen LogP contribution is 1.98. The summed E-state index contributed by atoms with van der Waals surface area (Å²) >= 11 is 0. The van der Waals surface area contributed by atoms with Gasteiger partial charge in [0.1, 0.15) is 5.76 Å². The Morgan fingerprint density at radius 1 is 1.23 bits per heavy atom. The monoisotopic (exact) mass is 182 g/mol. The number of rotatable bonds is 7. The lowest BCUT2D eigenvalue weighted by molar-refractivity contribution is 0.497. The molecular weight excluding hydrogens is 164 g/mol. The second-order valence-electron chi connectivity index (χ2n) is 2.93. The van der Waals surface area contributed by atoms with Crippen molar-refractivity contribution < 1.29 is 4.42 Å². The number of nitrogens with one attached hydrogen (secondary N) is 2. The first kappa shape index (κ1) is 10.3. The van der Waals surface area contributed by atoms with Crippen LogP contribution in [0.5, 0.6) is 0 Å². The zero-order valence-electron chi connectivity index (χ0n) is 8.18. The van der Waals surface area contributed by atoms with Crippen LogP contribution in [-0.2, 0) is 6.42 Å². The molecule has 3 heteroatoms. The Bertz CT molecular complexity index is 197. The molecule has 0 bridgehead atoms. The van der Waals surface area contributed by atoms with Crippen LogP contribution in [0, 0.1) is 0 Å². The van der Waals surface area contributed by atoms with Crippen LogP contribution < -0.4 is 10.6 Å². The molecule has 2 N–H and O–H groups in total. The Balaban J connectivity index is 1.90. The van der Waals surface area contributed by atoms with Gasteiger partial charge in [-0.2, -0.15) is 0 Å². The first-order valence-corrected chi connectivity index (χ1v) is 4.87. The Kier molecular flexibility index (Phi) is 5.29. The molecule has 0 amide bonds. The van der Waals surface area contributed by atoms with Crippen molar-refractivity contribution in [1.82, 2.24) is 10.6 Å². The van der Waals surface area contributed by atoms with Gasteiger partial charge in [0.05, 0.1) is 6.26 Å². The summed E-state index contributed by atoms with van der Waals surface area (Å²) in [6.07, 6.45) is 2.69. The van der Waals surface area contributed by atoms with E-state index in [1.807, 2.05) is 12.1 Å². The quantitative estimate of drug-likeness (QED) is 0.618. The molecule has 1 aromatic rings. The molecule has 0 saturated heterocycles. The molecule has 1 heterocycles. The Hall–Kier alpha value is -0.800. The third-order valence-electron chi connectivity index (χ3n) is 1.86. The van der Waals surface area contributed by atoms with Gasteiger partial charge in [-0.05, 0) is 18.7 Å². The maximum Gasteiger partial charge on any atom is 0.105 e. The van der Waals surface area contributed by atoms with Crippen molar-refractivity contribution in [3.63, 3.8) is 0 Å². The lowest BCUT2D eigenvalue weighted by Gasteiger charge is -2.03. The van der Waals surface area contributed by atoms with Crippen LogP contribution in [0.3, 0.4) is 0 Å². The summed E-state index contributed by atoms with van der Waals surface area (Å²) in [5.74, 6) is 1.05. The minimum Gasteiger partial charge on any atom is -0.469 e. The largest absolute Gasteiger partial charge is 0.469 e. The molecule has 0 unspecified atom stereocenters. The van der Waals surface area contributed by atoms with Gasteiger partial charge < -0.3 is 15.1 Å². The molecule has 0 spiro atoms. The standard InChI is InChI=1S/C10H18N2O/c1-2-11-7-8-12-6-5-10-4-3-9-13-10/h3-4,9,11-12H,2,5-8H2,1H3. The highest BCUT2D eigenvalue weighted by Gasteiger charge is 1.93. The maximum absolute atomic E-state index is 5.21. The summed E-state index contributed by atoms with van der Waals surface area (Å²) in [6, 6.07) is 3.93. The average Bonchev–Trinajstić information content (AvgIpc) is 2.63. The van der Waals surface area contributed by atoms with Gasteiger partial charge in [0.25, 0.3) is 0 Å². The van der Waals surface area contributed by atoms with Crippen molar-refractivity contribution in [3.05, 3.63) is 24.2 Å².